The van der Waals surface area contributed by atoms with Crippen LogP contribution < -0.4 is 15.8 Å². The van der Waals surface area contributed by atoms with Gasteiger partial charge in [0.1, 0.15) is 17.7 Å². The zero-order valence-electron chi connectivity index (χ0n) is 27.4. The number of nitrogens with one attached hydrogen (secondary N) is 2. The topological polar surface area (TPSA) is 126 Å². The Morgan fingerprint density at radius 1 is 1.08 bits per heavy atom. The van der Waals surface area contributed by atoms with Gasteiger partial charge in [-0.3, -0.25) is 9.78 Å². The zero-order chi connectivity index (χ0) is 35.9. The largest absolute Gasteiger partial charge is 0.493 e. The summed E-state index contributed by atoms with van der Waals surface area (Å²) in [6, 6.07) is 10.4. The van der Waals surface area contributed by atoms with Crippen molar-refractivity contribution < 1.29 is 31.5 Å². The summed E-state index contributed by atoms with van der Waals surface area (Å²) in [6.07, 6.45) is 3.15. The highest BCUT2D eigenvalue weighted by Gasteiger charge is 2.50. The summed E-state index contributed by atoms with van der Waals surface area (Å²) in [5.74, 6) is -5.46. The van der Waals surface area contributed by atoms with E-state index in [0.717, 1.165) is 24.5 Å². The molecular weight excluding hydrogens is 701 g/mol. The van der Waals surface area contributed by atoms with Crippen molar-refractivity contribution >= 4 is 33.1 Å². The van der Waals surface area contributed by atoms with Crippen molar-refractivity contribution in [2.75, 3.05) is 19.0 Å². The molecule has 52 heavy (non-hydrogen) atoms. The van der Waals surface area contributed by atoms with Crippen LogP contribution >= 0.6 is 11.3 Å². The second-order valence-corrected chi connectivity index (χ2v) is 14.2. The molecule has 15 heteroatoms. The van der Waals surface area contributed by atoms with Crippen molar-refractivity contribution in [1.82, 2.24) is 25.1 Å². The van der Waals surface area contributed by atoms with Crippen molar-refractivity contribution in [2.24, 2.45) is 0 Å². The number of amides is 1. The van der Waals surface area contributed by atoms with Crippen LogP contribution in [-0.2, 0) is 19.3 Å². The SMILES string of the molecule is COc1c(F)ccc2c1CC(F)(F)C2Nc1nccc2cc(-c3c4c(nc(CCc5ccc(F)cc5)c3-c3n[nH]c(=O)o3)[C@@H]3CCCN3C4=O)sc12. The van der Waals surface area contributed by atoms with Crippen LogP contribution in [0.15, 0.2) is 63.9 Å². The lowest BCUT2D eigenvalue weighted by atomic mass is 9.93. The number of H-pyrrole nitrogens is 1. The molecule has 1 amide bonds. The van der Waals surface area contributed by atoms with Gasteiger partial charge in [-0.25, -0.2) is 32.4 Å². The first kappa shape index (κ1) is 32.3. The van der Waals surface area contributed by atoms with E-state index in [2.05, 4.69) is 20.5 Å². The third-order valence-electron chi connectivity index (χ3n) is 10.1. The third kappa shape index (κ3) is 5.08. The number of benzene rings is 2. The fourth-order valence-electron chi connectivity index (χ4n) is 7.82. The molecule has 264 valence electrons. The molecule has 9 rings (SSSR count). The number of aromatic amines is 1. The average molecular weight is 729 g/mol. The Hall–Kier alpha value is -5.57. The van der Waals surface area contributed by atoms with Crippen molar-refractivity contribution in [3.8, 4) is 27.6 Å². The Morgan fingerprint density at radius 3 is 2.67 bits per heavy atom. The number of methoxy groups -OCH3 is 1. The molecule has 4 aromatic heterocycles. The molecular formula is C37H28F4N6O4S. The second-order valence-electron chi connectivity index (χ2n) is 13.1. The van der Waals surface area contributed by atoms with Gasteiger partial charge in [0, 0.05) is 35.2 Å². The van der Waals surface area contributed by atoms with Crippen LogP contribution in [0.2, 0.25) is 0 Å². The first-order valence-electron chi connectivity index (χ1n) is 16.7. The van der Waals surface area contributed by atoms with Crippen molar-refractivity contribution in [3.63, 3.8) is 0 Å². The van der Waals surface area contributed by atoms with Gasteiger partial charge in [0.2, 0.25) is 0 Å². The molecule has 1 fully saturated rings. The monoisotopic (exact) mass is 728 g/mol. The fourth-order valence-corrected chi connectivity index (χ4v) is 8.99. The second kappa shape index (κ2) is 12.0. The van der Waals surface area contributed by atoms with Gasteiger partial charge in [0.15, 0.2) is 11.6 Å². The number of aromatic nitrogens is 4. The van der Waals surface area contributed by atoms with Gasteiger partial charge in [-0.05, 0) is 72.5 Å². The van der Waals surface area contributed by atoms with Crippen LogP contribution in [-0.4, -0.2) is 50.5 Å². The number of ether oxygens (including phenoxy) is 1. The molecule has 2 aliphatic heterocycles. The number of halogens is 4. The number of pyridine rings is 2. The van der Waals surface area contributed by atoms with Crippen LogP contribution in [0.5, 0.6) is 5.75 Å². The molecule has 0 radical (unpaired) electrons. The minimum atomic E-state index is -3.29. The predicted octanol–water partition coefficient (Wildman–Crippen LogP) is 7.41. The quantitative estimate of drug-likeness (QED) is 0.155. The predicted molar refractivity (Wildman–Crippen MR) is 184 cm³/mol. The standard InChI is InChI=1S/C37H28F4N6O4S/c1-50-30-21-16-37(40,41)32(20(21)9-10-22(30)39)44-33-31-18(12-13-42-33)15-25(52-31)27-26(34-45-46-36(49)51-34)23(11-6-17-4-7-19(38)8-5-17)43-29-24-3-2-14-47(24)35(48)28(27)29/h4-5,7-10,12-13,15,24,32H,2-3,6,11,14,16H2,1H3,(H,42,44)(H,46,49)/t24-,32?/m0/s1. The number of carbonyl (C=O) groups is 1. The molecule has 2 N–H and O–H groups in total. The Kier molecular flexibility index (Phi) is 7.47. The molecule has 0 bridgehead atoms. The van der Waals surface area contributed by atoms with E-state index in [1.165, 1.54) is 42.8 Å². The van der Waals surface area contributed by atoms with E-state index >= 15 is 8.78 Å². The molecule has 1 aliphatic carbocycles. The van der Waals surface area contributed by atoms with E-state index in [1.54, 1.807) is 23.1 Å². The summed E-state index contributed by atoms with van der Waals surface area (Å²) >= 11 is 1.24. The van der Waals surface area contributed by atoms with E-state index in [4.69, 9.17) is 14.1 Å². The highest BCUT2D eigenvalue weighted by atomic mass is 32.1. The molecule has 2 atom stereocenters. The van der Waals surface area contributed by atoms with Gasteiger partial charge in [-0.1, -0.05) is 18.2 Å². The van der Waals surface area contributed by atoms with E-state index in [1.807, 2.05) is 6.07 Å². The van der Waals surface area contributed by atoms with Crippen LogP contribution in [0.25, 0.3) is 32.0 Å². The summed E-state index contributed by atoms with van der Waals surface area (Å²) in [7, 11) is 1.24. The number of hydrogen-bond acceptors (Lipinski definition) is 9. The number of aryl methyl sites for hydroxylation is 2. The summed E-state index contributed by atoms with van der Waals surface area (Å²) in [6.45, 7) is 0.563. The fraction of sp³-hybridized carbons (Fsp3) is 0.270. The Labute approximate surface area is 296 Å². The number of hydrogen-bond donors (Lipinski definition) is 2. The number of rotatable bonds is 8. The van der Waals surface area contributed by atoms with Gasteiger partial charge >= 0.3 is 5.76 Å². The highest BCUT2D eigenvalue weighted by molar-refractivity contribution is 7.23. The lowest BCUT2D eigenvalue weighted by Gasteiger charge is -2.22. The van der Waals surface area contributed by atoms with E-state index < -0.39 is 30.0 Å². The number of nitrogens with zero attached hydrogens (tertiary/aromatic N) is 4. The normalized spacial score (nSPS) is 18.6. The first-order chi connectivity index (χ1) is 25.1. The molecule has 0 spiro atoms. The smallest absolute Gasteiger partial charge is 0.434 e. The van der Waals surface area contributed by atoms with Crippen LogP contribution in [0.3, 0.4) is 0 Å². The minimum Gasteiger partial charge on any atom is -0.493 e. The maximum atomic E-state index is 15.6. The maximum absolute atomic E-state index is 15.6. The Balaban J connectivity index is 1.21. The lowest BCUT2D eigenvalue weighted by molar-refractivity contribution is -0.00736. The van der Waals surface area contributed by atoms with Gasteiger partial charge in [-0.2, -0.15) is 0 Å². The molecule has 1 unspecified atom stereocenters. The molecule has 2 aromatic carbocycles. The summed E-state index contributed by atoms with van der Waals surface area (Å²) in [5, 5.41) is 10.1. The number of thiophene rings is 1. The van der Waals surface area contributed by atoms with Gasteiger partial charge in [0.05, 0.1) is 40.4 Å². The number of alkyl halides is 2. The average Bonchev–Trinajstić information content (AvgIpc) is 3.95. The number of anilines is 1. The molecule has 10 nitrogen and oxygen atoms in total. The number of fused-ring (bicyclic) bond motifs is 5. The van der Waals surface area contributed by atoms with Crippen LogP contribution in [0.1, 0.15) is 63.4 Å². The van der Waals surface area contributed by atoms with Crippen LogP contribution in [0.4, 0.5) is 23.4 Å². The van der Waals surface area contributed by atoms with Gasteiger partial charge in [-0.15, -0.1) is 16.4 Å². The van der Waals surface area contributed by atoms with Crippen LogP contribution in [0, 0.1) is 11.6 Å². The maximum Gasteiger partial charge on any atom is 0.434 e. The van der Waals surface area contributed by atoms with Gasteiger partial charge < -0.3 is 19.4 Å². The molecule has 1 saturated heterocycles. The van der Waals surface area contributed by atoms with Crippen molar-refractivity contribution in [2.45, 2.75) is 50.1 Å². The summed E-state index contributed by atoms with van der Waals surface area (Å²) < 4.78 is 70.7. The zero-order valence-corrected chi connectivity index (χ0v) is 28.3. The molecule has 6 heterocycles. The molecule has 6 aromatic rings. The highest BCUT2D eigenvalue weighted by Crippen LogP contribution is 2.52. The first-order valence-corrected chi connectivity index (χ1v) is 17.5. The van der Waals surface area contributed by atoms with E-state index in [-0.39, 0.29) is 46.4 Å². The Morgan fingerprint density at radius 2 is 1.90 bits per heavy atom. The summed E-state index contributed by atoms with van der Waals surface area (Å²) in [5.41, 5.74) is 3.50. The molecule has 0 saturated carbocycles. The molecule has 3 aliphatic rings. The summed E-state index contributed by atoms with van der Waals surface area (Å²) in [4.78, 5) is 38.4. The Bertz CT molecular complexity index is 2480. The van der Waals surface area contributed by atoms with Crippen molar-refractivity contribution in [3.05, 3.63) is 111 Å². The van der Waals surface area contributed by atoms with Gasteiger partial charge in [0.25, 0.3) is 17.7 Å². The van der Waals surface area contributed by atoms with Crippen molar-refractivity contribution in [1.29, 1.82) is 0 Å². The number of carbonyl (C=O) groups excluding carboxylic acids is 1. The lowest BCUT2D eigenvalue weighted by Crippen LogP contribution is -2.28. The van der Waals surface area contributed by atoms with E-state index in [9.17, 15) is 18.4 Å². The third-order valence-corrected chi connectivity index (χ3v) is 11.3. The van der Waals surface area contributed by atoms with E-state index in [0.29, 0.717) is 62.4 Å². The minimum absolute atomic E-state index is 0.0541.